The number of aromatic nitrogens is 1. The molecular weight excluding hydrogens is 236 g/mol. The number of carbonyl (C=O) groups excluding carboxylic acids is 1. The van der Waals surface area contributed by atoms with Crippen LogP contribution in [0.2, 0.25) is 0 Å². The van der Waals surface area contributed by atoms with Crippen molar-refractivity contribution in [1.29, 1.82) is 0 Å². The first-order valence-corrected chi connectivity index (χ1v) is 6.81. The number of morpholine rings is 1. The number of rotatable bonds is 3. The molecule has 4 nitrogen and oxygen atoms in total. The van der Waals surface area contributed by atoms with Gasteiger partial charge in [-0.05, 0) is 20.3 Å². The van der Waals surface area contributed by atoms with Crippen LogP contribution in [-0.2, 0) is 11.2 Å². The minimum atomic E-state index is 0.215. The van der Waals surface area contributed by atoms with E-state index in [4.69, 9.17) is 4.74 Å². The predicted octanol–water partition coefficient (Wildman–Crippen LogP) is 2.13. The summed E-state index contributed by atoms with van der Waals surface area (Å²) in [6.07, 6.45) is 2.15. The van der Waals surface area contributed by atoms with Crippen LogP contribution >= 0.6 is 11.3 Å². The van der Waals surface area contributed by atoms with Crippen LogP contribution in [0.3, 0.4) is 0 Å². The zero-order chi connectivity index (χ0) is 12.4. The van der Waals surface area contributed by atoms with Crippen molar-refractivity contribution in [1.82, 2.24) is 4.98 Å². The van der Waals surface area contributed by atoms with Gasteiger partial charge in [-0.1, -0.05) is 18.3 Å². The van der Waals surface area contributed by atoms with E-state index in [1.165, 1.54) is 11.3 Å². The minimum absolute atomic E-state index is 0.215. The van der Waals surface area contributed by atoms with E-state index in [-0.39, 0.29) is 12.2 Å². The van der Waals surface area contributed by atoms with Crippen LogP contribution < -0.4 is 4.90 Å². The zero-order valence-corrected chi connectivity index (χ0v) is 11.3. The Morgan fingerprint density at radius 1 is 1.47 bits per heavy atom. The van der Waals surface area contributed by atoms with Crippen LogP contribution in [0.5, 0.6) is 0 Å². The molecule has 1 aromatic rings. The van der Waals surface area contributed by atoms with E-state index < -0.39 is 0 Å². The Morgan fingerprint density at radius 2 is 2.12 bits per heavy atom. The van der Waals surface area contributed by atoms with Gasteiger partial charge in [0.25, 0.3) is 0 Å². The van der Waals surface area contributed by atoms with Crippen LogP contribution in [0.25, 0.3) is 0 Å². The van der Waals surface area contributed by atoms with Crippen molar-refractivity contribution in [2.45, 2.75) is 39.4 Å². The fourth-order valence-electron chi connectivity index (χ4n) is 2.17. The monoisotopic (exact) mass is 254 g/mol. The molecule has 2 atom stereocenters. The molecule has 1 aliphatic heterocycles. The Bertz CT molecular complexity index is 395. The Kier molecular flexibility index (Phi) is 3.79. The molecule has 0 aliphatic carbocycles. The summed E-state index contributed by atoms with van der Waals surface area (Å²) in [5.74, 6) is 0. The number of ether oxygens (including phenoxy) is 1. The SMILES string of the molecule is CCc1nc(N2C[C@@H](C)O[C@@H](C)C2)sc1C=O. The van der Waals surface area contributed by atoms with Crippen molar-refractivity contribution < 1.29 is 9.53 Å². The van der Waals surface area contributed by atoms with Crippen molar-refractivity contribution in [3.8, 4) is 0 Å². The largest absolute Gasteiger partial charge is 0.372 e. The quantitative estimate of drug-likeness (QED) is 0.775. The van der Waals surface area contributed by atoms with Crippen LogP contribution in [0.1, 0.15) is 36.1 Å². The van der Waals surface area contributed by atoms with Crippen molar-refractivity contribution in [3.05, 3.63) is 10.6 Å². The Morgan fingerprint density at radius 3 is 2.59 bits per heavy atom. The lowest BCUT2D eigenvalue weighted by Crippen LogP contribution is -2.45. The molecule has 2 heterocycles. The second-order valence-corrected chi connectivity index (χ2v) is 5.45. The molecule has 17 heavy (non-hydrogen) atoms. The summed E-state index contributed by atoms with van der Waals surface area (Å²) in [4.78, 5) is 18.5. The highest BCUT2D eigenvalue weighted by molar-refractivity contribution is 7.17. The molecular formula is C12H18N2O2S. The number of hydrogen-bond donors (Lipinski definition) is 0. The molecule has 0 amide bonds. The molecule has 1 aromatic heterocycles. The highest BCUT2D eigenvalue weighted by Gasteiger charge is 2.25. The van der Waals surface area contributed by atoms with Gasteiger partial charge in [-0.15, -0.1) is 0 Å². The van der Waals surface area contributed by atoms with Crippen LogP contribution in [0.15, 0.2) is 0 Å². The summed E-state index contributed by atoms with van der Waals surface area (Å²) < 4.78 is 5.69. The maximum absolute atomic E-state index is 10.9. The highest BCUT2D eigenvalue weighted by atomic mass is 32.1. The van der Waals surface area contributed by atoms with Crippen molar-refractivity contribution >= 4 is 22.8 Å². The third-order valence-corrected chi connectivity index (χ3v) is 3.93. The van der Waals surface area contributed by atoms with E-state index in [0.717, 1.165) is 41.5 Å². The van der Waals surface area contributed by atoms with Gasteiger partial charge in [0.15, 0.2) is 11.4 Å². The fourth-order valence-corrected chi connectivity index (χ4v) is 3.15. The number of thiazole rings is 1. The molecule has 94 valence electrons. The number of hydrogen-bond acceptors (Lipinski definition) is 5. The van der Waals surface area contributed by atoms with Gasteiger partial charge in [-0.25, -0.2) is 4.98 Å². The van der Waals surface area contributed by atoms with E-state index in [1.807, 2.05) is 6.92 Å². The summed E-state index contributed by atoms with van der Waals surface area (Å²) in [5, 5.41) is 0.950. The van der Waals surface area contributed by atoms with Crippen LogP contribution in [0, 0.1) is 0 Å². The third-order valence-electron chi connectivity index (χ3n) is 2.85. The fraction of sp³-hybridized carbons (Fsp3) is 0.667. The van der Waals surface area contributed by atoms with E-state index in [2.05, 4.69) is 23.7 Å². The number of anilines is 1. The summed E-state index contributed by atoms with van der Waals surface area (Å²) >= 11 is 1.49. The first-order chi connectivity index (χ1) is 8.13. The van der Waals surface area contributed by atoms with Crippen molar-refractivity contribution in [2.75, 3.05) is 18.0 Å². The van der Waals surface area contributed by atoms with Crippen LogP contribution in [-0.4, -0.2) is 36.6 Å². The normalized spacial score (nSPS) is 25.0. The number of nitrogens with zero attached hydrogens (tertiary/aromatic N) is 2. The molecule has 0 bridgehead atoms. The minimum Gasteiger partial charge on any atom is -0.372 e. The van der Waals surface area contributed by atoms with Gasteiger partial charge in [0.2, 0.25) is 0 Å². The Hall–Kier alpha value is -0.940. The van der Waals surface area contributed by atoms with E-state index in [1.54, 1.807) is 0 Å². The molecule has 1 fully saturated rings. The molecule has 2 rings (SSSR count). The average Bonchev–Trinajstić information content (AvgIpc) is 2.70. The molecule has 0 saturated carbocycles. The second kappa shape index (κ2) is 5.14. The summed E-state index contributed by atoms with van der Waals surface area (Å²) in [6.45, 7) is 7.85. The maximum atomic E-state index is 10.9. The lowest BCUT2D eigenvalue weighted by molar-refractivity contribution is -0.00523. The number of aldehydes is 1. The van der Waals surface area contributed by atoms with Gasteiger partial charge in [-0.2, -0.15) is 0 Å². The molecule has 0 aromatic carbocycles. The second-order valence-electron chi connectivity index (χ2n) is 4.44. The van der Waals surface area contributed by atoms with E-state index in [0.29, 0.717) is 0 Å². The highest BCUT2D eigenvalue weighted by Crippen LogP contribution is 2.28. The van der Waals surface area contributed by atoms with Gasteiger partial charge < -0.3 is 9.64 Å². The topological polar surface area (TPSA) is 42.4 Å². The average molecular weight is 254 g/mol. The molecule has 5 heteroatoms. The van der Waals surface area contributed by atoms with E-state index in [9.17, 15) is 4.79 Å². The predicted molar refractivity (Wildman–Crippen MR) is 69.1 cm³/mol. The smallest absolute Gasteiger partial charge is 0.186 e. The standard InChI is InChI=1S/C12H18N2O2S/c1-4-10-11(7-15)17-12(13-10)14-5-8(2)16-9(3)6-14/h7-9H,4-6H2,1-3H3/t8-,9+. The number of carbonyl (C=O) groups is 1. The molecule has 1 saturated heterocycles. The van der Waals surface area contributed by atoms with E-state index >= 15 is 0 Å². The third kappa shape index (κ3) is 2.66. The summed E-state index contributed by atoms with van der Waals surface area (Å²) in [6, 6.07) is 0. The summed E-state index contributed by atoms with van der Waals surface area (Å²) in [7, 11) is 0. The molecule has 0 N–H and O–H groups in total. The lowest BCUT2D eigenvalue weighted by Gasteiger charge is -2.35. The Balaban J connectivity index is 2.21. The lowest BCUT2D eigenvalue weighted by atomic mass is 10.2. The van der Waals surface area contributed by atoms with Gasteiger partial charge in [-0.3, -0.25) is 4.79 Å². The van der Waals surface area contributed by atoms with Crippen molar-refractivity contribution in [3.63, 3.8) is 0 Å². The first-order valence-electron chi connectivity index (χ1n) is 5.99. The zero-order valence-electron chi connectivity index (χ0n) is 10.5. The van der Waals surface area contributed by atoms with Crippen molar-refractivity contribution in [2.24, 2.45) is 0 Å². The maximum Gasteiger partial charge on any atom is 0.186 e. The van der Waals surface area contributed by atoms with Gasteiger partial charge in [0.1, 0.15) is 0 Å². The molecule has 0 unspecified atom stereocenters. The van der Waals surface area contributed by atoms with Gasteiger partial charge >= 0.3 is 0 Å². The van der Waals surface area contributed by atoms with Gasteiger partial charge in [0.05, 0.1) is 22.8 Å². The first kappa shape index (κ1) is 12.5. The molecule has 1 aliphatic rings. The molecule has 0 radical (unpaired) electrons. The van der Waals surface area contributed by atoms with Crippen LogP contribution in [0.4, 0.5) is 5.13 Å². The summed E-state index contributed by atoms with van der Waals surface area (Å²) in [5.41, 5.74) is 0.909. The number of aryl methyl sites for hydroxylation is 1. The molecule has 0 spiro atoms. The van der Waals surface area contributed by atoms with Gasteiger partial charge in [0, 0.05) is 13.1 Å². The Labute approximate surface area is 106 Å².